The largest absolute Gasteiger partial charge is 0.416 e. The van der Waals surface area contributed by atoms with E-state index in [4.69, 9.17) is 5.26 Å². The van der Waals surface area contributed by atoms with Gasteiger partial charge in [0.1, 0.15) is 0 Å². The molecule has 2 aromatic carbocycles. The molecule has 0 bridgehead atoms. The Kier molecular flexibility index (Phi) is 5.88. The summed E-state index contributed by atoms with van der Waals surface area (Å²) in [7, 11) is 0. The van der Waals surface area contributed by atoms with E-state index in [1.807, 2.05) is 31.2 Å². The highest BCUT2D eigenvalue weighted by molar-refractivity contribution is 8.13. The Balaban J connectivity index is 2.20. The van der Waals surface area contributed by atoms with Crippen LogP contribution in [0.4, 0.5) is 18.9 Å². The molecule has 0 aliphatic heterocycles. The molecular weight excluding hydrogens is 335 g/mol. The molecule has 0 unspecified atom stereocenters. The van der Waals surface area contributed by atoms with Gasteiger partial charge in [-0.2, -0.15) is 18.4 Å². The maximum Gasteiger partial charge on any atom is 0.416 e. The first-order chi connectivity index (χ1) is 11.4. The minimum atomic E-state index is -4.43. The van der Waals surface area contributed by atoms with E-state index in [0.717, 1.165) is 23.3 Å². The Hall–Kier alpha value is -2.46. The summed E-state index contributed by atoms with van der Waals surface area (Å²) in [6.45, 7) is 1.97. The fraction of sp³-hybridized carbons (Fsp3) is 0.176. The minimum absolute atomic E-state index is 0.139. The first-order valence-corrected chi connectivity index (χ1v) is 7.97. The maximum atomic E-state index is 12.7. The summed E-state index contributed by atoms with van der Waals surface area (Å²) in [5, 5.41) is 11.5. The van der Waals surface area contributed by atoms with Crippen molar-refractivity contribution in [2.45, 2.75) is 18.9 Å². The summed E-state index contributed by atoms with van der Waals surface area (Å²) in [5.41, 5.74) is 1.53. The molecule has 2 rings (SSSR count). The van der Waals surface area contributed by atoms with Gasteiger partial charge in [0.15, 0.2) is 11.4 Å². The van der Waals surface area contributed by atoms with Crippen molar-refractivity contribution in [1.29, 1.82) is 5.26 Å². The molecule has 124 valence electrons. The molecule has 0 spiro atoms. The second kappa shape index (κ2) is 7.88. The highest BCUT2D eigenvalue weighted by Gasteiger charge is 2.30. The van der Waals surface area contributed by atoms with Crippen molar-refractivity contribution >= 4 is 22.6 Å². The van der Waals surface area contributed by atoms with Gasteiger partial charge in [-0.1, -0.05) is 42.1 Å². The predicted octanol–water partition coefficient (Wildman–Crippen LogP) is 5.01. The lowest BCUT2D eigenvalue weighted by molar-refractivity contribution is -0.137. The van der Waals surface area contributed by atoms with Gasteiger partial charge in [0.25, 0.3) is 0 Å². The normalized spacial score (nSPS) is 11.9. The van der Waals surface area contributed by atoms with Gasteiger partial charge in [-0.15, -0.1) is 0 Å². The van der Waals surface area contributed by atoms with E-state index in [0.29, 0.717) is 5.75 Å². The van der Waals surface area contributed by atoms with Crippen LogP contribution >= 0.6 is 11.8 Å². The molecule has 0 heterocycles. The lowest BCUT2D eigenvalue weighted by Gasteiger charge is -2.08. The second-order valence-corrected chi connectivity index (χ2v) is 5.88. The van der Waals surface area contributed by atoms with Crippen LogP contribution in [0.1, 0.15) is 16.7 Å². The zero-order valence-electron chi connectivity index (χ0n) is 12.8. The number of alkyl halides is 3. The Morgan fingerprint density at radius 1 is 1.21 bits per heavy atom. The third-order valence-electron chi connectivity index (χ3n) is 3.19. The summed E-state index contributed by atoms with van der Waals surface area (Å²) >= 11 is 1.26. The second-order valence-electron chi connectivity index (χ2n) is 4.92. The first kappa shape index (κ1) is 17.9. The summed E-state index contributed by atoms with van der Waals surface area (Å²) in [6, 6.07) is 12.4. The van der Waals surface area contributed by atoms with Gasteiger partial charge < -0.3 is 0 Å². The number of thioether (sulfide) groups is 1. The number of nitrogens with one attached hydrogen (secondary N) is 1. The maximum absolute atomic E-state index is 12.7. The lowest BCUT2D eigenvalue weighted by Crippen LogP contribution is -2.13. The Morgan fingerprint density at radius 2 is 1.96 bits per heavy atom. The van der Waals surface area contributed by atoms with Gasteiger partial charge in [-0.25, -0.2) is 4.99 Å². The molecule has 0 saturated heterocycles. The molecule has 0 radical (unpaired) electrons. The minimum Gasteiger partial charge on any atom is -0.271 e. The number of benzene rings is 2. The predicted molar refractivity (Wildman–Crippen MR) is 89.8 cm³/mol. The topological polar surface area (TPSA) is 48.2 Å². The summed E-state index contributed by atoms with van der Waals surface area (Å²) in [6.07, 6.45) is -2.67. The Bertz CT molecular complexity index is 779. The molecule has 2 aromatic rings. The SMILES string of the molecule is Cc1ccccc1CSC(=Nc1cccc(C(F)(F)F)c1)NC#N. The standard InChI is InChI=1S/C17H14F3N3S/c1-12-5-2-3-6-13(12)10-24-16(22-11-21)23-15-8-4-7-14(9-15)17(18,19)20/h2-9H,10H2,1H3,(H,22,23). The number of nitrogens with zero attached hydrogens (tertiary/aromatic N) is 2. The van der Waals surface area contributed by atoms with Crippen LogP contribution in [0.15, 0.2) is 53.5 Å². The number of rotatable bonds is 3. The van der Waals surface area contributed by atoms with Crippen LogP contribution in [0.2, 0.25) is 0 Å². The van der Waals surface area contributed by atoms with Crippen LogP contribution in [-0.2, 0) is 11.9 Å². The fourth-order valence-electron chi connectivity index (χ4n) is 1.93. The van der Waals surface area contributed by atoms with Crippen molar-refractivity contribution < 1.29 is 13.2 Å². The van der Waals surface area contributed by atoms with E-state index in [9.17, 15) is 13.2 Å². The van der Waals surface area contributed by atoms with Crippen LogP contribution in [0, 0.1) is 18.4 Å². The van der Waals surface area contributed by atoms with Gasteiger partial charge in [0.2, 0.25) is 0 Å². The van der Waals surface area contributed by atoms with Crippen LogP contribution in [0.3, 0.4) is 0 Å². The molecular formula is C17H14F3N3S. The van der Waals surface area contributed by atoms with Gasteiger partial charge in [-0.05, 0) is 36.2 Å². The number of aliphatic imine (C=N–C) groups is 1. The molecule has 0 aliphatic carbocycles. The van der Waals surface area contributed by atoms with E-state index >= 15 is 0 Å². The number of hydrogen-bond acceptors (Lipinski definition) is 3. The zero-order chi connectivity index (χ0) is 17.6. The highest BCUT2D eigenvalue weighted by atomic mass is 32.2. The number of nitriles is 1. The van der Waals surface area contributed by atoms with Crippen molar-refractivity contribution in [2.24, 2.45) is 4.99 Å². The van der Waals surface area contributed by atoms with E-state index in [-0.39, 0.29) is 10.9 Å². The Morgan fingerprint density at radius 3 is 2.62 bits per heavy atom. The molecule has 0 aliphatic rings. The number of hydrogen-bond donors (Lipinski definition) is 1. The Labute approximate surface area is 142 Å². The molecule has 0 amide bonds. The number of aryl methyl sites for hydroxylation is 1. The van der Waals surface area contributed by atoms with Crippen LogP contribution in [0.5, 0.6) is 0 Å². The smallest absolute Gasteiger partial charge is 0.271 e. The summed E-state index contributed by atoms with van der Waals surface area (Å²) < 4.78 is 38.2. The van der Waals surface area contributed by atoms with E-state index in [1.54, 1.807) is 6.19 Å². The third-order valence-corrected chi connectivity index (χ3v) is 4.11. The average Bonchev–Trinajstić information content (AvgIpc) is 2.53. The molecule has 3 nitrogen and oxygen atoms in total. The van der Waals surface area contributed by atoms with Crippen LogP contribution in [-0.4, -0.2) is 5.17 Å². The van der Waals surface area contributed by atoms with Crippen LogP contribution < -0.4 is 5.32 Å². The quantitative estimate of drug-likeness (QED) is 0.367. The summed E-state index contributed by atoms with van der Waals surface area (Å²) in [5.74, 6) is 0.555. The molecule has 1 N–H and O–H groups in total. The van der Waals surface area contributed by atoms with Gasteiger partial charge in [0.05, 0.1) is 11.3 Å². The molecule has 24 heavy (non-hydrogen) atoms. The molecule has 7 heteroatoms. The molecule has 0 atom stereocenters. The van der Waals surface area contributed by atoms with Crippen molar-refractivity contribution in [3.63, 3.8) is 0 Å². The van der Waals surface area contributed by atoms with Crippen molar-refractivity contribution in [3.8, 4) is 6.19 Å². The van der Waals surface area contributed by atoms with Crippen LogP contribution in [0.25, 0.3) is 0 Å². The van der Waals surface area contributed by atoms with Gasteiger partial charge >= 0.3 is 6.18 Å². The van der Waals surface area contributed by atoms with Crippen molar-refractivity contribution in [3.05, 3.63) is 65.2 Å². The number of halogens is 3. The first-order valence-electron chi connectivity index (χ1n) is 6.98. The molecule has 0 aromatic heterocycles. The van der Waals surface area contributed by atoms with E-state index < -0.39 is 11.7 Å². The van der Waals surface area contributed by atoms with E-state index in [1.165, 1.54) is 23.9 Å². The average molecular weight is 349 g/mol. The van der Waals surface area contributed by atoms with Crippen molar-refractivity contribution in [2.75, 3.05) is 0 Å². The molecule has 0 fully saturated rings. The van der Waals surface area contributed by atoms with E-state index in [2.05, 4.69) is 10.3 Å². The highest BCUT2D eigenvalue weighted by Crippen LogP contribution is 2.31. The van der Waals surface area contributed by atoms with Gasteiger partial charge in [-0.3, -0.25) is 5.32 Å². The van der Waals surface area contributed by atoms with Gasteiger partial charge in [0, 0.05) is 5.75 Å². The lowest BCUT2D eigenvalue weighted by atomic mass is 10.1. The molecule has 0 saturated carbocycles. The summed E-state index contributed by atoms with van der Waals surface area (Å²) in [4.78, 5) is 4.11. The van der Waals surface area contributed by atoms with Crippen molar-refractivity contribution in [1.82, 2.24) is 5.32 Å². The monoisotopic (exact) mass is 349 g/mol. The number of amidine groups is 1. The third kappa shape index (κ3) is 5.03. The fourth-order valence-corrected chi connectivity index (χ4v) is 2.84. The zero-order valence-corrected chi connectivity index (χ0v) is 13.6.